The molecule has 3 aromatic heterocycles. The van der Waals surface area contributed by atoms with Crippen molar-refractivity contribution in [3.63, 3.8) is 0 Å². The molecular weight excluding hydrogens is 473 g/mol. The molecule has 0 spiro atoms. The fourth-order valence-corrected chi connectivity index (χ4v) is 4.93. The summed E-state index contributed by atoms with van der Waals surface area (Å²) < 4.78 is 29.7. The van der Waals surface area contributed by atoms with E-state index in [1.807, 2.05) is 0 Å². The number of aromatic nitrogens is 6. The second-order valence-corrected chi connectivity index (χ2v) is 9.23. The number of sulfonamides is 1. The molecule has 0 aliphatic carbocycles. The summed E-state index contributed by atoms with van der Waals surface area (Å²) in [7, 11) is -3.92. The minimum atomic E-state index is -3.92. The molecule has 9 nitrogen and oxygen atoms in total. The van der Waals surface area contributed by atoms with Gasteiger partial charge in [-0.25, -0.2) is 23.4 Å². The van der Waals surface area contributed by atoms with Gasteiger partial charge in [-0.2, -0.15) is 5.10 Å². The summed E-state index contributed by atoms with van der Waals surface area (Å²) in [5.74, 6) is 1.06. The number of aromatic amines is 1. The normalized spacial score (nSPS) is 11.7. The first kappa shape index (κ1) is 20.4. The van der Waals surface area contributed by atoms with Crippen molar-refractivity contribution >= 4 is 49.9 Å². The summed E-state index contributed by atoms with van der Waals surface area (Å²) in [6, 6.07) is 10.9. The third-order valence-electron chi connectivity index (χ3n) is 4.62. The average Bonchev–Trinajstić information content (AvgIpc) is 3.47. The van der Waals surface area contributed by atoms with E-state index in [1.165, 1.54) is 18.2 Å². The molecule has 0 saturated heterocycles. The van der Waals surface area contributed by atoms with Gasteiger partial charge in [0.25, 0.3) is 10.0 Å². The molecule has 2 N–H and O–H groups in total. The zero-order chi connectivity index (χ0) is 22.3. The van der Waals surface area contributed by atoms with E-state index in [1.54, 1.807) is 53.8 Å². The lowest BCUT2D eigenvalue weighted by atomic mass is 10.2. The molecule has 3 heterocycles. The van der Waals surface area contributed by atoms with Crippen LogP contribution in [0, 0.1) is 0 Å². The van der Waals surface area contributed by atoms with E-state index in [-0.39, 0.29) is 14.9 Å². The monoisotopic (exact) mass is 485 g/mol. The summed E-state index contributed by atoms with van der Waals surface area (Å²) in [4.78, 5) is 13.1. The maximum Gasteiger partial charge on any atom is 0.263 e. The van der Waals surface area contributed by atoms with Crippen LogP contribution in [-0.4, -0.2) is 38.1 Å². The molecule has 2 aromatic carbocycles. The van der Waals surface area contributed by atoms with Crippen LogP contribution in [0.4, 0.5) is 5.69 Å². The molecule has 0 fully saturated rings. The lowest BCUT2D eigenvalue weighted by Gasteiger charge is -2.11. The number of rotatable bonds is 5. The summed E-state index contributed by atoms with van der Waals surface area (Å²) >= 11 is 12.0. The highest BCUT2D eigenvalue weighted by Crippen LogP contribution is 2.28. The molecule has 12 heteroatoms. The number of imidazole rings is 1. The maximum absolute atomic E-state index is 12.7. The predicted octanol–water partition coefficient (Wildman–Crippen LogP) is 4.31. The van der Waals surface area contributed by atoms with Gasteiger partial charge in [-0.3, -0.25) is 14.4 Å². The highest BCUT2D eigenvalue weighted by Gasteiger charge is 2.19. The van der Waals surface area contributed by atoms with Crippen molar-refractivity contribution in [2.45, 2.75) is 4.90 Å². The van der Waals surface area contributed by atoms with Crippen molar-refractivity contribution < 1.29 is 8.42 Å². The number of H-pyrrole nitrogens is 1. The molecule has 5 aromatic rings. The Kier molecular flexibility index (Phi) is 5.04. The first-order valence-electron chi connectivity index (χ1n) is 9.18. The van der Waals surface area contributed by atoms with Crippen LogP contribution in [0.15, 0.2) is 72.3 Å². The van der Waals surface area contributed by atoms with Crippen molar-refractivity contribution in [2.75, 3.05) is 4.72 Å². The molecule has 32 heavy (non-hydrogen) atoms. The van der Waals surface area contributed by atoms with Crippen LogP contribution in [0.3, 0.4) is 0 Å². The first-order chi connectivity index (χ1) is 15.4. The number of hydrogen-bond donors (Lipinski definition) is 2. The van der Waals surface area contributed by atoms with Crippen LogP contribution >= 0.6 is 23.2 Å². The van der Waals surface area contributed by atoms with Gasteiger partial charge in [0.15, 0.2) is 17.3 Å². The third kappa shape index (κ3) is 3.79. The lowest BCUT2D eigenvalue weighted by molar-refractivity contribution is 0.601. The Morgan fingerprint density at radius 2 is 1.84 bits per heavy atom. The number of halogens is 2. The van der Waals surface area contributed by atoms with Crippen LogP contribution in [0.5, 0.6) is 0 Å². The van der Waals surface area contributed by atoms with Crippen molar-refractivity contribution in [3.05, 3.63) is 77.4 Å². The standard InChI is InChI=1S/C20H13Cl2N7O2S/c21-13-3-6-16(22)17(9-13)32(30,31)28-14-4-1-12(2-5-14)18-25-19-15(10-24-27-19)20(26-18)29-8-7-23-11-29/h1-11,28H,(H,24,25,26,27). The Bertz CT molecular complexity index is 1530. The van der Waals surface area contributed by atoms with Crippen molar-refractivity contribution in [1.82, 2.24) is 29.7 Å². The van der Waals surface area contributed by atoms with Gasteiger partial charge < -0.3 is 0 Å². The second-order valence-electron chi connectivity index (χ2n) is 6.73. The number of benzene rings is 2. The molecular formula is C20H13Cl2N7O2S. The number of fused-ring (bicyclic) bond motifs is 1. The van der Waals surface area contributed by atoms with Crippen LogP contribution in [0.1, 0.15) is 0 Å². The Hall–Kier alpha value is -3.47. The van der Waals surface area contributed by atoms with Crippen molar-refractivity contribution in [1.29, 1.82) is 0 Å². The van der Waals surface area contributed by atoms with E-state index in [0.29, 0.717) is 28.5 Å². The minimum absolute atomic E-state index is 0.0758. The van der Waals surface area contributed by atoms with E-state index in [4.69, 9.17) is 23.2 Å². The van der Waals surface area contributed by atoms with Gasteiger partial charge in [0, 0.05) is 28.7 Å². The summed E-state index contributed by atoms with van der Waals surface area (Å²) in [6.07, 6.45) is 6.71. The Balaban J connectivity index is 1.48. The number of anilines is 1. The lowest BCUT2D eigenvalue weighted by Crippen LogP contribution is -2.13. The van der Waals surface area contributed by atoms with E-state index in [2.05, 4.69) is 29.9 Å². The average molecular weight is 486 g/mol. The van der Waals surface area contributed by atoms with Gasteiger partial charge in [-0.05, 0) is 42.5 Å². The maximum atomic E-state index is 12.7. The van der Waals surface area contributed by atoms with Crippen LogP contribution < -0.4 is 4.72 Å². The van der Waals surface area contributed by atoms with Gasteiger partial charge in [0.1, 0.15) is 11.2 Å². The largest absolute Gasteiger partial charge is 0.290 e. The zero-order valence-corrected chi connectivity index (χ0v) is 18.4. The molecule has 5 rings (SSSR count). The Labute approximate surface area is 192 Å². The van der Waals surface area contributed by atoms with Gasteiger partial charge in [-0.1, -0.05) is 23.2 Å². The highest BCUT2D eigenvalue weighted by molar-refractivity contribution is 7.92. The van der Waals surface area contributed by atoms with Gasteiger partial charge in [0.05, 0.1) is 16.6 Å². The quantitative estimate of drug-likeness (QED) is 0.382. The highest BCUT2D eigenvalue weighted by atomic mass is 35.5. The minimum Gasteiger partial charge on any atom is -0.290 e. The molecule has 0 unspecified atom stereocenters. The van der Waals surface area contributed by atoms with E-state index < -0.39 is 10.0 Å². The second kappa shape index (κ2) is 7.90. The summed E-state index contributed by atoms with van der Waals surface area (Å²) in [5.41, 5.74) is 1.60. The molecule has 0 radical (unpaired) electrons. The molecule has 0 bridgehead atoms. The molecule has 160 valence electrons. The Morgan fingerprint density at radius 3 is 2.59 bits per heavy atom. The number of nitrogens with zero attached hydrogens (tertiary/aromatic N) is 5. The topological polar surface area (TPSA) is 118 Å². The van der Waals surface area contributed by atoms with Crippen molar-refractivity contribution in [3.8, 4) is 17.2 Å². The van der Waals surface area contributed by atoms with Crippen LogP contribution in [0.2, 0.25) is 10.0 Å². The van der Waals surface area contributed by atoms with Gasteiger partial charge >= 0.3 is 0 Å². The molecule has 0 aliphatic rings. The van der Waals surface area contributed by atoms with Crippen molar-refractivity contribution in [2.24, 2.45) is 0 Å². The van der Waals surface area contributed by atoms with E-state index in [9.17, 15) is 8.42 Å². The van der Waals surface area contributed by atoms with Crippen LogP contribution in [-0.2, 0) is 10.0 Å². The zero-order valence-electron chi connectivity index (χ0n) is 16.1. The number of hydrogen-bond acceptors (Lipinski definition) is 6. The molecule has 0 atom stereocenters. The Morgan fingerprint density at radius 1 is 1.03 bits per heavy atom. The fraction of sp³-hybridized carbons (Fsp3) is 0. The van der Waals surface area contributed by atoms with E-state index >= 15 is 0 Å². The SMILES string of the molecule is O=S(=O)(Nc1ccc(-c2nc(-n3ccnc3)c3cn[nH]c3n2)cc1)c1cc(Cl)ccc1Cl. The fourth-order valence-electron chi connectivity index (χ4n) is 3.11. The summed E-state index contributed by atoms with van der Waals surface area (Å²) in [6.45, 7) is 0. The summed E-state index contributed by atoms with van der Waals surface area (Å²) in [5, 5.41) is 7.99. The third-order valence-corrected chi connectivity index (χ3v) is 6.71. The molecule has 0 aliphatic heterocycles. The van der Waals surface area contributed by atoms with Gasteiger partial charge in [-0.15, -0.1) is 0 Å². The predicted molar refractivity (Wildman–Crippen MR) is 122 cm³/mol. The van der Waals surface area contributed by atoms with Gasteiger partial charge in [0.2, 0.25) is 0 Å². The number of nitrogens with one attached hydrogen (secondary N) is 2. The molecule has 0 saturated carbocycles. The van der Waals surface area contributed by atoms with E-state index in [0.717, 1.165) is 5.39 Å². The first-order valence-corrected chi connectivity index (χ1v) is 11.4. The van der Waals surface area contributed by atoms with Crippen LogP contribution in [0.25, 0.3) is 28.2 Å². The smallest absolute Gasteiger partial charge is 0.263 e. The molecule has 0 amide bonds.